The van der Waals surface area contributed by atoms with Gasteiger partial charge in [-0.25, -0.2) is 13.9 Å². The zero-order valence-corrected chi connectivity index (χ0v) is 20.5. The van der Waals surface area contributed by atoms with E-state index in [4.69, 9.17) is 9.94 Å². The molecule has 2 heterocycles. The van der Waals surface area contributed by atoms with Gasteiger partial charge in [-0.05, 0) is 49.2 Å². The van der Waals surface area contributed by atoms with Crippen molar-refractivity contribution in [3.05, 3.63) is 54.6 Å². The lowest BCUT2D eigenvalue weighted by molar-refractivity contribution is -0.134. The molecule has 11 heteroatoms. The van der Waals surface area contributed by atoms with Crippen LogP contribution in [0.1, 0.15) is 12.8 Å². The Morgan fingerprint density at radius 1 is 0.848 bits per heavy atom. The fourth-order valence-corrected chi connectivity index (χ4v) is 6.28. The van der Waals surface area contributed by atoms with Gasteiger partial charge >= 0.3 is 0 Å². The summed E-state index contributed by atoms with van der Waals surface area (Å²) >= 11 is 0. The van der Waals surface area contributed by atoms with E-state index in [-0.39, 0.29) is 55.8 Å². The lowest BCUT2D eigenvalue weighted by Gasteiger charge is -2.37. The van der Waals surface area contributed by atoms with Gasteiger partial charge in [-0.3, -0.25) is 10.0 Å². The van der Waals surface area contributed by atoms with Gasteiger partial charge in [0.25, 0.3) is 5.91 Å². The molecule has 33 heavy (non-hydrogen) atoms. The summed E-state index contributed by atoms with van der Waals surface area (Å²) in [5.41, 5.74) is 3.69. The van der Waals surface area contributed by atoms with Gasteiger partial charge in [0, 0.05) is 50.8 Å². The number of ether oxygens (including phenoxy) is 1. The van der Waals surface area contributed by atoms with E-state index < -0.39 is 20.5 Å². The maximum Gasteiger partial charge on any atom is 0.265 e. The average molecular weight is 518 g/mol. The summed E-state index contributed by atoms with van der Waals surface area (Å²) in [5.74, 6) is -0.906. The summed E-state index contributed by atoms with van der Waals surface area (Å²) in [4.78, 5) is 17.0. The summed E-state index contributed by atoms with van der Waals surface area (Å²) in [5, 5.41) is 9.17. The quantitative estimate of drug-likeness (QED) is 0.464. The lowest BCUT2D eigenvalue weighted by atomic mass is 9.98. The Morgan fingerprint density at radius 2 is 1.33 bits per heavy atom. The molecule has 2 aliphatic heterocycles. The number of nitrogens with zero attached hydrogens (tertiary/aromatic N) is 2. The largest absolute Gasteiger partial charge is 0.381 e. The number of benzene rings is 2. The Kier molecular flexibility index (Phi) is 9.39. The van der Waals surface area contributed by atoms with Crippen LogP contribution >= 0.6 is 24.8 Å². The van der Waals surface area contributed by atoms with Crippen molar-refractivity contribution < 1.29 is 23.2 Å². The molecule has 0 radical (unpaired) electrons. The standard InChI is InChI=1S/C22H27N3O5S.2ClH/c26-21(23-27)22(10-16-30-17-11-22)31(28,29)20-8-6-19(7-9-20)25-14-12-24(13-15-25)18-4-2-1-3-5-18;;/h1-9,27H,10-17H2,(H,23,26);2*1H. The Bertz CT molecular complexity index is 1010. The fourth-order valence-electron chi connectivity index (χ4n) is 4.34. The number of para-hydroxylation sites is 1. The van der Waals surface area contributed by atoms with Crippen molar-refractivity contribution in [2.45, 2.75) is 22.5 Å². The molecule has 2 N–H and O–H groups in total. The molecule has 182 valence electrons. The van der Waals surface area contributed by atoms with Gasteiger partial charge in [0.2, 0.25) is 0 Å². The Hall–Kier alpha value is -2.04. The minimum absolute atomic E-state index is 0. The predicted octanol–water partition coefficient (Wildman–Crippen LogP) is 2.69. The van der Waals surface area contributed by atoms with Gasteiger partial charge in [0.05, 0.1) is 4.90 Å². The van der Waals surface area contributed by atoms with Crippen molar-refractivity contribution in [1.82, 2.24) is 5.48 Å². The van der Waals surface area contributed by atoms with Crippen LogP contribution in [0.25, 0.3) is 0 Å². The van der Waals surface area contributed by atoms with E-state index in [9.17, 15) is 13.2 Å². The third-order valence-electron chi connectivity index (χ3n) is 6.24. The van der Waals surface area contributed by atoms with Crippen molar-refractivity contribution in [3.8, 4) is 0 Å². The van der Waals surface area contributed by atoms with Crippen molar-refractivity contribution in [3.63, 3.8) is 0 Å². The van der Waals surface area contributed by atoms with Crippen LogP contribution in [-0.2, 0) is 19.4 Å². The number of hydrogen-bond donors (Lipinski definition) is 2. The van der Waals surface area contributed by atoms with Gasteiger partial charge in [-0.15, -0.1) is 24.8 Å². The second-order valence-electron chi connectivity index (χ2n) is 7.85. The van der Waals surface area contributed by atoms with Gasteiger partial charge < -0.3 is 14.5 Å². The third-order valence-corrected chi connectivity index (χ3v) is 8.76. The number of carbonyl (C=O) groups excluding carboxylic acids is 1. The third kappa shape index (κ3) is 5.22. The van der Waals surface area contributed by atoms with E-state index in [0.717, 1.165) is 31.9 Å². The van der Waals surface area contributed by atoms with E-state index in [2.05, 4.69) is 21.9 Å². The molecule has 0 saturated carbocycles. The number of nitrogens with one attached hydrogen (secondary N) is 1. The van der Waals surface area contributed by atoms with E-state index in [1.165, 1.54) is 5.69 Å². The zero-order valence-electron chi connectivity index (χ0n) is 18.1. The molecule has 0 atom stereocenters. The minimum atomic E-state index is -4.01. The van der Waals surface area contributed by atoms with Crippen LogP contribution in [0.5, 0.6) is 0 Å². The highest BCUT2D eigenvalue weighted by Crippen LogP contribution is 2.36. The maximum atomic E-state index is 13.3. The predicted molar refractivity (Wildman–Crippen MR) is 132 cm³/mol. The van der Waals surface area contributed by atoms with E-state index >= 15 is 0 Å². The first-order valence-electron chi connectivity index (χ1n) is 10.4. The minimum Gasteiger partial charge on any atom is -0.381 e. The second-order valence-corrected chi connectivity index (χ2v) is 10.1. The maximum absolute atomic E-state index is 13.3. The highest BCUT2D eigenvalue weighted by atomic mass is 35.5. The molecule has 0 unspecified atom stereocenters. The van der Waals surface area contributed by atoms with Gasteiger partial charge in [-0.2, -0.15) is 0 Å². The number of piperazine rings is 1. The first-order chi connectivity index (χ1) is 15.0. The van der Waals surface area contributed by atoms with Gasteiger partial charge in [0.15, 0.2) is 14.6 Å². The average Bonchev–Trinajstić information content (AvgIpc) is 2.84. The molecule has 0 aromatic heterocycles. The van der Waals surface area contributed by atoms with E-state index in [1.54, 1.807) is 29.7 Å². The summed E-state index contributed by atoms with van der Waals surface area (Å²) < 4.78 is 30.2. The molecule has 0 aliphatic carbocycles. The van der Waals surface area contributed by atoms with Crippen LogP contribution in [0, 0.1) is 0 Å². The lowest BCUT2D eigenvalue weighted by Crippen LogP contribution is -2.54. The molecule has 4 rings (SSSR count). The summed E-state index contributed by atoms with van der Waals surface area (Å²) in [6.07, 6.45) is 0.00977. The molecule has 0 spiro atoms. The van der Waals surface area contributed by atoms with Crippen LogP contribution in [0.2, 0.25) is 0 Å². The van der Waals surface area contributed by atoms with E-state index in [0.29, 0.717) is 0 Å². The number of halogens is 2. The van der Waals surface area contributed by atoms with Crippen molar-refractivity contribution in [1.29, 1.82) is 0 Å². The van der Waals surface area contributed by atoms with Crippen LogP contribution in [0.15, 0.2) is 59.5 Å². The SMILES string of the molecule is Cl.Cl.O=C(NO)C1(S(=O)(=O)c2ccc(N3CCN(c4ccccc4)CC3)cc2)CCOCC1. The second kappa shape index (κ2) is 11.4. The van der Waals surface area contributed by atoms with Crippen molar-refractivity contribution in [2.75, 3.05) is 49.2 Å². The number of rotatable bonds is 5. The van der Waals surface area contributed by atoms with Crippen LogP contribution < -0.4 is 15.3 Å². The smallest absolute Gasteiger partial charge is 0.265 e. The van der Waals surface area contributed by atoms with Gasteiger partial charge in [-0.1, -0.05) is 18.2 Å². The molecule has 2 fully saturated rings. The van der Waals surface area contributed by atoms with Crippen molar-refractivity contribution >= 4 is 51.9 Å². The molecule has 0 bridgehead atoms. The van der Waals surface area contributed by atoms with Crippen LogP contribution in [0.4, 0.5) is 11.4 Å². The highest BCUT2D eigenvalue weighted by molar-refractivity contribution is 7.93. The first kappa shape index (κ1) is 27.2. The number of anilines is 2. The van der Waals surface area contributed by atoms with Gasteiger partial charge in [0.1, 0.15) is 0 Å². The number of hydroxylamine groups is 1. The molecule has 1 amide bonds. The number of carbonyl (C=O) groups is 1. The fraction of sp³-hybridized carbons (Fsp3) is 0.409. The normalized spacial score (nSPS) is 18.0. The van der Waals surface area contributed by atoms with Crippen molar-refractivity contribution in [2.24, 2.45) is 0 Å². The topological polar surface area (TPSA) is 99.2 Å². The molecular weight excluding hydrogens is 489 g/mol. The number of amides is 1. The van der Waals surface area contributed by atoms with Crippen LogP contribution in [-0.4, -0.2) is 63.7 Å². The molecule has 2 aliphatic rings. The molecule has 2 aromatic carbocycles. The zero-order chi connectivity index (χ0) is 21.9. The summed E-state index contributed by atoms with van der Waals surface area (Å²) in [6, 6.07) is 16.9. The monoisotopic (exact) mass is 517 g/mol. The Balaban J connectivity index is 0.00000193. The summed E-state index contributed by atoms with van der Waals surface area (Å²) in [7, 11) is -4.01. The van der Waals surface area contributed by atoms with E-state index in [1.807, 2.05) is 18.2 Å². The molecule has 8 nitrogen and oxygen atoms in total. The Morgan fingerprint density at radius 3 is 1.82 bits per heavy atom. The molecule has 2 aromatic rings. The number of sulfone groups is 1. The van der Waals surface area contributed by atoms with Crippen LogP contribution in [0.3, 0.4) is 0 Å². The first-order valence-corrected chi connectivity index (χ1v) is 11.9. The Labute approximate surface area is 206 Å². The highest BCUT2D eigenvalue weighted by Gasteiger charge is 2.52. The summed E-state index contributed by atoms with van der Waals surface area (Å²) in [6.45, 7) is 3.71. The molecular formula is C22H29Cl2N3O5S. The molecule has 2 saturated heterocycles. The number of hydrogen-bond acceptors (Lipinski definition) is 7.